The molecule has 0 nitrogen and oxygen atoms in total. The second-order valence-corrected chi connectivity index (χ2v) is 3.95. The van der Waals surface area contributed by atoms with Crippen molar-refractivity contribution in [2.75, 3.05) is 0 Å². The van der Waals surface area contributed by atoms with Gasteiger partial charge in [-0.3, -0.25) is 0 Å². The van der Waals surface area contributed by atoms with Crippen molar-refractivity contribution >= 4 is 3.71 Å². The summed E-state index contributed by atoms with van der Waals surface area (Å²) < 4.78 is 2.41. The van der Waals surface area contributed by atoms with Gasteiger partial charge in [-0.25, -0.2) is 0 Å². The molecule has 0 bridgehead atoms. The van der Waals surface area contributed by atoms with Crippen LogP contribution in [0.2, 0.25) is 0 Å². The molecule has 0 N–H and O–H groups in total. The molecule has 0 atom stereocenters. The Bertz CT molecular complexity index is 82.6. The topological polar surface area (TPSA) is 0 Å². The third-order valence-corrected chi connectivity index (χ3v) is 2.76. The van der Waals surface area contributed by atoms with E-state index in [4.69, 9.17) is 0 Å². The Labute approximate surface area is 72.4 Å². The van der Waals surface area contributed by atoms with Gasteiger partial charge in [-0.05, 0) is 0 Å². The van der Waals surface area contributed by atoms with Crippen LogP contribution in [0.15, 0.2) is 0 Å². The standard InChI is InChI=1S/C8H14.Zr/c1-2-8-6-4-3-5-7-8;/h1,8H,2-7H2;. The fourth-order valence-corrected chi connectivity index (χ4v) is 2.41. The molecule has 0 aromatic rings. The summed E-state index contributed by atoms with van der Waals surface area (Å²) in [7, 11) is 0. The van der Waals surface area contributed by atoms with E-state index in [1.165, 1.54) is 38.5 Å². The Balaban J connectivity index is 2.15. The molecule has 0 aromatic heterocycles. The molecule has 50 valence electrons. The Hall–Kier alpha value is 0.753. The average molecular weight is 201 g/mol. The van der Waals surface area contributed by atoms with Gasteiger partial charge in [0.05, 0.1) is 0 Å². The zero-order valence-electron chi connectivity index (χ0n) is 5.90. The summed E-state index contributed by atoms with van der Waals surface area (Å²) in [4.78, 5) is 0. The van der Waals surface area contributed by atoms with Gasteiger partial charge in [0.2, 0.25) is 0 Å². The first-order valence-electron chi connectivity index (χ1n) is 3.92. The number of rotatable bonds is 2. The van der Waals surface area contributed by atoms with E-state index >= 15 is 0 Å². The zero-order chi connectivity index (χ0) is 6.53. The van der Waals surface area contributed by atoms with Crippen LogP contribution in [0.1, 0.15) is 38.5 Å². The van der Waals surface area contributed by atoms with Crippen molar-refractivity contribution < 1.29 is 24.2 Å². The summed E-state index contributed by atoms with van der Waals surface area (Å²) in [6, 6.07) is 0. The van der Waals surface area contributed by atoms with Crippen LogP contribution in [0.25, 0.3) is 0 Å². The molecule has 0 saturated heterocycles. The van der Waals surface area contributed by atoms with Crippen LogP contribution in [-0.2, 0) is 24.2 Å². The number of hydrogen-bond donors (Lipinski definition) is 0. The second-order valence-electron chi connectivity index (χ2n) is 2.94. The van der Waals surface area contributed by atoms with Gasteiger partial charge in [0.1, 0.15) is 0 Å². The van der Waals surface area contributed by atoms with E-state index in [1.807, 2.05) is 0 Å². The Morgan fingerprint density at radius 2 is 1.89 bits per heavy atom. The minimum absolute atomic E-state index is 1.07. The maximum atomic E-state index is 2.41. The average Bonchev–Trinajstić information content (AvgIpc) is 1.91. The van der Waals surface area contributed by atoms with Crippen molar-refractivity contribution in [1.29, 1.82) is 0 Å². The molecule has 1 heteroatoms. The molecular formula is C8H14Zr. The minimum atomic E-state index is 1.07. The van der Waals surface area contributed by atoms with E-state index in [0.717, 1.165) is 5.92 Å². The number of hydrogen-bond acceptors (Lipinski definition) is 0. The first-order chi connectivity index (χ1) is 4.43. The third kappa shape index (κ3) is 2.89. The summed E-state index contributed by atoms with van der Waals surface area (Å²) in [5.41, 5.74) is 0. The predicted octanol–water partition coefficient (Wildman–Crippen LogP) is 2.31. The normalized spacial score (nSPS) is 21.7. The van der Waals surface area contributed by atoms with E-state index in [1.54, 1.807) is 24.2 Å². The molecule has 0 radical (unpaired) electrons. The zero-order valence-corrected chi connectivity index (χ0v) is 8.36. The van der Waals surface area contributed by atoms with Crippen molar-refractivity contribution in [2.24, 2.45) is 5.92 Å². The summed E-state index contributed by atoms with van der Waals surface area (Å²) in [5.74, 6) is 1.07. The van der Waals surface area contributed by atoms with Gasteiger partial charge in [-0.2, -0.15) is 0 Å². The molecule has 1 saturated carbocycles. The fourth-order valence-electron chi connectivity index (χ4n) is 1.59. The summed E-state index contributed by atoms with van der Waals surface area (Å²) in [6.45, 7) is 0. The van der Waals surface area contributed by atoms with Crippen molar-refractivity contribution in [2.45, 2.75) is 38.5 Å². The van der Waals surface area contributed by atoms with Crippen LogP contribution in [-0.4, -0.2) is 3.71 Å². The molecule has 0 aromatic carbocycles. The summed E-state index contributed by atoms with van der Waals surface area (Å²) in [5, 5.41) is 0. The van der Waals surface area contributed by atoms with E-state index < -0.39 is 0 Å². The molecule has 0 spiro atoms. The van der Waals surface area contributed by atoms with Crippen LogP contribution >= 0.6 is 0 Å². The Morgan fingerprint density at radius 3 is 2.44 bits per heavy atom. The molecule has 1 fully saturated rings. The van der Waals surface area contributed by atoms with Gasteiger partial charge in [0.25, 0.3) is 0 Å². The van der Waals surface area contributed by atoms with Crippen LogP contribution in [0.5, 0.6) is 0 Å². The van der Waals surface area contributed by atoms with Crippen LogP contribution in [0.4, 0.5) is 0 Å². The van der Waals surface area contributed by atoms with Crippen LogP contribution < -0.4 is 0 Å². The maximum absolute atomic E-state index is 2.41. The quantitative estimate of drug-likeness (QED) is 0.643. The fraction of sp³-hybridized carbons (Fsp3) is 0.875. The molecule has 0 aliphatic heterocycles. The van der Waals surface area contributed by atoms with Crippen molar-refractivity contribution in [3.63, 3.8) is 0 Å². The van der Waals surface area contributed by atoms with E-state index in [9.17, 15) is 0 Å². The van der Waals surface area contributed by atoms with E-state index in [-0.39, 0.29) is 0 Å². The van der Waals surface area contributed by atoms with E-state index in [0.29, 0.717) is 0 Å². The third-order valence-electron chi connectivity index (χ3n) is 2.18. The SMILES string of the molecule is [Zr]=[CH]CC1CCCCC1. The molecule has 0 unspecified atom stereocenters. The van der Waals surface area contributed by atoms with Gasteiger partial charge in [-0.1, -0.05) is 0 Å². The summed E-state index contributed by atoms with van der Waals surface area (Å²) >= 11 is 1.61. The van der Waals surface area contributed by atoms with Crippen molar-refractivity contribution in [1.82, 2.24) is 0 Å². The van der Waals surface area contributed by atoms with E-state index in [2.05, 4.69) is 3.71 Å². The molecule has 0 amide bonds. The molecule has 0 heterocycles. The van der Waals surface area contributed by atoms with Gasteiger partial charge in [0.15, 0.2) is 0 Å². The molecule has 9 heavy (non-hydrogen) atoms. The van der Waals surface area contributed by atoms with Crippen LogP contribution in [0, 0.1) is 5.92 Å². The van der Waals surface area contributed by atoms with Crippen molar-refractivity contribution in [3.8, 4) is 0 Å². The predicted molar refractivity (Wildman–Crippen MR) is 37.3 cm³/mol. The monoisotopic (exact) mass is 200 g/mol. The van der Waals surface area contributed by atoms with Gasteiger partial charge in [-0.15, -0.1) is 0 Å². The Kier molecular flexibility index (Phi) is 3.97. The second kappa shape index (κ2) is 4.55. The van der Waals surface area contributed by atoms with Gasteiger partial charge in [0, 0.05) is 0 Å². The van der Waals surface area contributed by atoms with Gasteiger partial charge >= 0.3 is 72.4 Å². The molecule has 1 aliphatic rings. The Morgan fingerprint density at radius 1 is 1.22 bits per heavy atom. The summed E-state index contributed by atoms with van der Waals surface area (Å²) in [6.07, 6.45) is 8.89. The molecule has 1 rings (SSSR count). The van der Waals surface area contributed by atoms with Crippen molar-refractivity contribution in [3.05, 3.63) is 0 Å². The first kappa shape index (κ1) is 7.86. The molecule has 1 aliphatic carbocycles. The van der Waals surface area contributed by atoms with Crippen LogP contribution in [0.3, 0.4) is 0 Å². The molecular weight excluding hydrogens is 187 g/mol. The first-order valence-corrected chi connectivity index (χ1v) is 5.34. The van der Waals surface area contributed by atoms with Gasteiger partial charge < -0.3 is 0 Å².